The van der Waals surface area contributed by atoms with Gasteiger partial charge in [-0.25, -0.2) is 4.39 Å². The van der Waals surface area contributed by atoms with E-state index in [2.05, 4.69) is 0 Å². The predicted molar refractivity (Wildman–Crippen MR) is 48.3 cm³/mol. The van der Waals surface area contributed by atoms with Crippen molar-refractivity contribution in [3.05, 3.63) is 35.1 Å². The number of nitrogens with zero attached hydrogens (tertiary/aromatic N) is 2. The molecule has 0 aliphatic heterocycles. The Balaban J connectivity index is 3.08. The van der Waals surface area contributed by atoms with Crippen molar-refractivity contribution in [1.29, 1.82) is 10.5 Å². The molecule has 0 saturated heterocycles. The van der Waals surface area contributed by atoms with Crippen LogP contribution in [0.3, 0.4) is 0 Å². The van der Waals surface area contributed by atoms with Crippen molar-refractivity contribution < 1.29 is 4.39 Å². The van der Waals surface area contributed by atoms with Crippen LogP contribution in [-0.4, -0.2) is 0 Å². The molecule has 1 aromatic carbocycles. The molecular weight excluding hydrogens is 181 g/mol. The van der Waals surface area contributed by atoms with E-state index >= 15 is 0 Å². The molecule has 0 aromatic heterocycles. The molecule has 70 valence electrons. The third-order valence-corrected chi connectivity index (χ3v) is 1.84. The van der Waals surface area contributed by atoms with E-state index in [9.17, 15) is 4.39 Å². The minimum atomic E-state index is -0.673. The van der Waals surface area contributed by atoms with Crippen LogP contribution in [0, 0.1) is 28.5 Å². The Morgan fingerprint density at radius 1 is 1.43 bits per heavy atom. The summed E-state index contributed by atoms with van der Waals surface area (Å²) in [6.45, 7) is 0. The maximum Gasteiger partial charge on any atom is 0.128 e. The number of benzene rings is 1. The minimum Gasteiger partial charge on any atom is -0.323 e. The van der Waals surface area contributed by atoms with Crippen LogP contribution in [0.15, 0.2) is 18.2 Å². The normalized spacial score (nSPS) is 11.4. The van der Waals surface area contributed by atoms with Gasteiger partial charge in [-0.05, 0) is 18.2 Å². The number of hydrogen-bond acceptors (Lipinski definition) is 3. The monoisotopic (exact) mass is 189 g/mol. The largest absolute Gasteiger partial charge is 0.323 e. The molecule has 4 heteroatoms. The first-order chi connectivity index (χ1) is 6.69. The fourth-order valence-electron chi connectivity index (χ4n) is 1.11. The Morgan fingerprint density at radius 3 is 2.71 bits per heavy atom. The lowest BCUT2D eigenvalue weighted by Crippen LogP contribution is -2.11. The van der Waals surface area contributed by atoms with E-state index in [0.717, 1.165) is 0 Å². The first kappa shape index (κ1) is 10.2. The van der Waals surface area contributed by atoms with E-state index in [0.29, 0.717) is 5.56 Å². The maximum atomic E-state index is 13.2. The van der Waals surface area contributed by atoms with Gasteiger partial charge in [-0.1, -0.05) is 0 Å². The van der Waals surface area contributed by atoms with Crippen LogP contribution in [0.5, 0.6) is 0 Å². The Kier molecular flexibility index (Phi) is 3.17. The lowest BCUT2D eigenvalue weighted by Gasteiger charge is -2.08. The van der Waals surface area contributed by atoms with Crippen molar-refractivity contribution in [2.45, 2.75) is 12.5 Å². The number of halogens is 1. The Bertz CT molecular complexity index is 414. The average molecular weight is 189 g/mol. The molecule has 1 atom stereocenters. The topological polar surface area (TPSA) is 73.6 Å². The van der Waals surface area contributed by atoms with Gasteiger partial charge in [0.2, 0.25) is 0 Å². The lowest BCUT2D eigenvalue weighted by molar-refractivity contribution is 0.584. The smallest absolute Gasteiger partial charge is 0.128 e. The molecule has 1 unspecified atom stereocenters. The van der Waals surface area contributed by atoms with Gasteiger partial charge < -0.3 is 5.73 Å². The van der Waals surface area contributed by atoms with E-state index in [1.807, 2.05) is 12.1 Å². The summed E-state index contributed by atoms with van der Waals surface area (Å²) in [5, 5.41) is 17.0. The van der Waals surface area contributed by atoms with E-state index in [1.165, 1.54) is 18.2 Å². The first-order valence-electron chi connectivity index (χ1n) is 4.01. The van der Waals surface area contributed by atoms with Gasteiger partial charge in [-0.3, -0.25) is 0 Å². The summed E-state index contributed by atoms with van der Waals surface area (Å²) in [4.78, 5) is 0. The zero-order valence-corrected chi connectivity index (χ0v) is 7.37. The summed E-state index contributed by atoms with van der Waals surface area (Å²) in [6.07, 6.45) is 0.0335. The van der Waals surface area contributed by atoms with Gasteiger partial charge in [0.1, 0.15) is 5.82 Å². The summed E-state index contributed by atoms with van der Waals surface area (Å²) < 4.78 is 13.2. The van der Waals surface area contributed by atoms with Crippen molar-refractivity contribution in [3.63, 3.8) is 0 Å². The highest BCUT2D eigenvalue weighted by Crippen LogP contribution is 2.18. The predicted octanol–water partition coefficient (Wildman–Crippen LogP) is 1.61. The third-order valence-electron chi connectivity index (χ3n) is 1.84. The van der Waals surface area contributed by atoms with Gasteiger partial charge in [0.25, 0.3) is 0 Å². The van der Waals surface area contributed by atoms with Crippen LogP contribution >= 0.6 is 0 Å². The van der Waals surface area contributed by atoms with Crippen LogP contribution in [-0.2, 0) is 0 Å². The van der Waals surface area contributed by atoms with Crippen LogP contribution in [0.4, 0.5) is 4.39 Å². The molecule has 0 heterocycles. The molecule has 2 N–H and O–H groups in total. The molecule has 0 spiro atoms. The number of nitrogens with two attached hydrogens (primary N) is 1. The van der Waals surface area contributed by atoms with E-state index < -0.39 is 11.9 Å². The van der Waals surface area contributed by atoms with E-state index in [-0.39, 0.29) is 12.0 Å². The van der Waals surface area contributed by atoms with Gasteiger partial charge in [-0.15, -0.1) is 0 Å². The molecule has 3 nitrogen and oxygen atoms in total. The summed E-state index contributed by atoms with van der Waals surface area (Å²) >= 11 is 0. The highest BCUT2D eigenvalue weighted by molar-refractivity contribution is 5.35. The molecule has 0 aliphatic rings. The maximum absolute atomic E-state index is 13.2. The molecule has 1 rings (SSSR count). The second-order valence-electron chi connectivity index (χ2n) is 2.82. The molecule has 0 bridgehead atoms. The minimum absolute atomic E-state index is 0.0335. The standard InChI is InChI=1S/C10H8FN3/c11-9-2-1-7(6-13)5-8(9)10(14)3-4-12/h1-2,5,10H,3,14H2. The first-order valence-corrected chi connectivity index (χ1v) is 4.01. The summed E-state index contributed by atoms with van der Waals surface area (Å²) in [7, 11) is 0. The van der Waals surface area contributed by atoms with Crippen molar-refractivity contribution >= 4 is 0 Å². The Morgan fingerprint density at radius 2 is 2.14 bits per heavy atom. The third kappa shape index (κ3) is 2.07. The fourth-order valence-corrected chi connectivity index (χ4v) is 1.11. The Hall–Kier alpha value is -1.91. The van der Waals surface area contributed by atoms with Crippen molar-refractivity contribution in [3.8, 4) is 12.1 Å². The van der Waals surface area contributed by atoms with Crippen LogP contribution in [0.2, 0.25) is 0 Å². The number of hydrogen-bond donors (Lipinski definition) is 1. The highest BCUT2D eigenvalue weighted by atomic mass is 19.1. The molecule has 0 radical (unpaired) electrons. The molecule has 14 heavy (non-hydrogen) atoms. The van der Waals surface area contributed by atoms with Gasteiger partial charge in [0, 0.05) is 11.6 Å². The van der Waals surface area contributed by atoms with Crippen LogP contribution in [0.25, 0.3) is 0 Å². The molecule has 1 aromatic rings. The van der Waals surface area contributed by atoms with Crippen molar-refractivity contribution in [1.82, 2.24) is 0 Å². The van der Waals surface area contributed by atoms with Gasteiger partial charge >= 0.3 is 0 Å². The fraction of sp³-hybridized carbons (Fsp3) is 0.200. The molecular formula is C10H8FN3. The molecule has 0 amide bonds. The van der Waals surface area contributed by atoms with Gasteiger partial charge in [-0.2, -0.15) is 10.5 Å². The second-order valence-corrected chi connectivity index (χ2v) is 2.82. The molecule has 0 aliphatic carbocycles. The quantitative estimate of drug-likeness (QED) is 0.768. The lowest BCUT2D eigenvalue weighted by atomic mass is 10.0. The average Bonchev–Trinajstić information content (AvgIpc) is 2.19. The van der Waals surface area contributed by atoms with E-state index in [1.54, 1.807) is 0 Å². The number of nitriles is 2. The van der Waals surface area contributed by atoms with Crippen LogP contribution < -0.4 is 5.73 Å². The summed E-state index contributed by atoms with van der Waals surface area (Å²) in [5.41, 5.74) is 6.11. The van der Waals surface area contributed by atoms with Gasteiger partial charge in [0.05, 0.1) is 24.1 Å². The van der Waals surface area contributed by atoms with Crippen molar-refractivity contribution in [2.24, 2.45) is 5.73 Å². The van der Waals surface area contributed by atoms with Crippen molar-refractivity contribution in [2.75, 3.05) is 0 Å². The highest BCUT2D eigenvalue weighted by Gasteiger charge is 2.11. The van der Waals surface area contributed by atoms with Crippen LogP contribution in [0.1, 0.15) is 23.6 Å². The number of rotatable bonds is 2. The van der Waals surface area contributed by atoms with Gasteiger partial charge in [0.15, 0.2) is 0 Å². The summed E-state index contributed by atoms with van der Waals surface area (Å²) in [5.74, 6) is -0.480. The van der Waals surface area contributed by atoms with E-state index in [4.69, 9.17) is 16.3 Å². The zero-order chi connectivity index (χ0) is 10.6. The summed E-state index contributed by atoms with van der Waals surface area (Å²) in [6, 6.07) is 7.00. The molecule has 0 saturated carbocycles. The second kappa shape index (κ2) is 4.36. The Labute approximate surface area is 81.2 Å². The SMILES string of the molecule is N#CCC(N)c1cc(C#N)ccc1F. The molecule has 0 fully saturated rings. The zero-order valence-electron chi connectivity index (χ0n) is 7.37.